The first-order chi connectivity index (χ1) is 9.03. The number of aliphatic carboxylic acids is 1. The van der Waals surface area contributed by atoms with Gasteiger partial charge in [-0.15, -0.1) is 0 Å². The van der Waals surface area contributed by atoms with Crippen molar-refractivity contribution in [2.24, 2.45) is 12.5 Å². The van der Waals surface area contributed by atoms with Crippen LogP contribution in [-0.4, -0.2) is 33.3 Å². The minimum atomic E-state index is -0.807. The number of carbonyl (C=O) groups is 2. The van der Waals surface area contributed by atoms with Crippen molar-refractivity contribution in [1.29, 1.82) is 0 Å². The first-order valence-corrected chi connectivity index (χ1v) is 6.54. The van der Waals surface area contributed by atoms with Crippen molar-refractivity contribution in [2.75, 3.05) is 6.54 Å². The van der Waals surface area contributed by atoms with Crippen molar-refractivity contribution >= 4 is 11.9 Å². The van der Waals surface area contributed by atoms with Gasteiger partial charge in [-0.25, -0.2) is 0 Å². The molecule has 1 heterocycles. The minimum Gasteiger partial charge on any atom is -0.481 e. The van der Waals surface area contributed by atoms with Crippen LogP contribution in [0.3, 0.4) is 0 Å². The number of aryl methyl sites for hydroxylation is 1. The van der Waals surface area contributed by atoms with Gasteiger partial charge in [-0.05, 0) is 12.8 Å². The van der Waals surface area contributed by atoms with Gasteiger partial charge in [0.2, 0.25) is 0 Å². The number of aromatic nitrogens is 2. The molecular weight excluding hydrogens is 246 g/mol. The van der Waals surface area contributed by atoms with Gasteiger partial charge in [0.25, 0.3) is 5.91 Å². The number of hydrogen-bond donors (Lipinski definition) is 2. The molecule has 1 aliphatic rings. The lowest BCUT2D eigenvalue weighted by molar-refractivity contribution is -0.150. The SMILES string of the molecule is Cn1cc(C(=O)NCC2(C(=O)O)CCCCC2)cn1. The standard InChI is InChI=1S/C13H19N3O3/c1-16-8-10(7-15-16)11(17)14-9-13(12(18)19)5-3-2-4-6-13/h7-8H,2-6,9H2,1H3,(H,14,17)(H,18,19). The highest BCUT2D eigenvalue weighted by molar-refractivity contribution is 5.94. The summed E-state index contributed by atoms with van der Waals surface area (Å²) in [4.78, 5) is 23.4. The van der Waals surface area contributed by atoms with Crippen LogP contribution in [0.2, 0.25) is 0 Å². The quantitative estimate of drug-likeness (QED) is 0.856. The summed E-state index contributed by atoms with van der Waals surface area (Å²) < 4.78 is 1.54. The molecule has 0 aromatic carbocycles. The Bertz CT molecular complexity index is 475. The highest BCUT2D eigenvalue weighted by Gasteiger charge is 2.39. The third-order valence-electron chi connectivity index (χ3n) is 3.82. The van der Waals surface area contributed by atoms with Crippen molar-refractivity contribution < 1.29 is 14.7 Å². The van der Waals surface area contributed by atoms with Crippen LogP contribution in [0.25, 0.3) is 0 Å². The van der Waals surface area contributed by atoms with Gasteiger partial charge in [0.1, 0.15) is 0 Å². The number of carbonyl (C=O) groups excluding carboxylic acids is 1. The molecule has 0 radical (unpaired) electrons. The van der Waals surface area contributed by atoms with E-state index in [9.17, 15) is 14.7 Å². The number of carboxylic acid groups (broad SMARTS) is 1. The molecule has 0 saturated heterocycles. The third kappa shape index (κ3) is 2.94. The molecular formula is C13H19N3O3. The van der Waals surface area contributed by atoms with E-state index in [-0.39, 0.29) is 12.5 Å². The van der Waals surface area contributed by atoms with Crippen molar-refractivity contribution in [3.63, 3.8) is 0 Å². The molecule has 104 valence electrons. The fourth-order valence-corrected chi connectivity index (χ4v) is 2.58. The van der Waals surface area contributed by atoms with E-state index in [1.165, 1.54) is 6.20 Å². The molecule has 1 saturated carbocycles. The topological polar surface area (TPSA) is 84.2 Å². The van der Waals surface area contributed by atoms with E-state index in [1.54, 1.807) is 17.9 Å². The van der Waals surface area contributed by atoms with Crippen molar-refractivity contribution in [3.8, 4) is 0 Å². The summed E-state index contributed by atoms with van der Waals surface area (Å²) in [7, 11) is 1.73. The van der Waals surface area contributed by atoms with Gasteiger partial charge in [-0.2, -0.15) is 5.10 Å². The number of nitrogens with one attached hydrogen (secondary N) is 1. The van der Waals surface area contributed by atoms with Crippen LogP contribution in [0, 0.1) is 5.41 Å². The van der Waals surface area contributed by atoms with Crippen LogP contribution in [0.15, 0.2) is 12.4 Å². The molecule has 1 aliphatic carbocycles. The number of hydrogen-bond acceptors (Lipinski definition) is 3. The van der Waals surface area contributed by atoms with Gasteiger partial charge in [0, 0.05) is 19.8 Å². The summed E-state index contributed by atoms with van der Waals surface area (Å²) in [5.41, 5.74) is -0.338. The van der Waals surface area contributed by atoms with Gasteiger partial charge in [0.15, 0.2) is 0 Å². The van der Waals surface area contributed by atoms with Crippen molar-refractivity contribution in [3.05, 3.63) is 18.0 Å². The molecule has 2 rings (SSSR count). The Kier molecular flexibility index (Phi) is 3.87. The summed E-state index contributed by atoms with van der Waals surface area (Å²) in [5.74, 6) is -1.07. The average Bonchev–Trinajstić information content (AvgIpc) is 2.83. The fraction of sp³-hybridized carbons (Fsp3) is 0.615. The first-order valence-electron chi connectivity index (χ1n) is 6.54. The normalized spacial score (nSPS) is 17.9. The van der Waals surface area contributed by atoms with Gasteiger partial charge < -0.3 is 10.4 Å². The Balaban J connectivity index is 1.99. The summed E-state index contributed by atoms with van der Waals surface area (Å²) >= 11 is 0. The molecule has 0 atom stereocenters. The molecule has 19 heavy (non-hydrogen) atoms. The summed E-state index contributed by atoms with van der Waals surface area (Å²) in [6.07, 6.45) is 7.26. The predicted octanol–water partition coefficient (Wildman–Crippen LogP) is 1.18. The van der Waals surface area contributed by atoms with Crippen molar-refractivity contribution in [2.45, 2.75) is 32.1 Å². The molecule has 0 unspecified atom stereocenters. The zero-order valence-corrected chi connectivity index (χ0v) is 11.1. The largest absolute Gasteiger partial charge is 0.481 e. The molecule has 2 N–H and O–H groups in total. The smallest absolute Gasteiger partial charge is 0.311 e. The third-order valence-corrected chi connectivity index (χ3v) is 3.82. The number of amides is 1. The Hall–Kier alpha value is -1.85. The van der Waals surface area contributed by atoms with Crippen molar-refractivity contribution in [1.82, 2.24) is 15.1 Å². The zero-order chi connectivity index (χ0) is 13.9. The van der Waals surface area contributed by atoms with E-state index >= 15 is 0 Å². The maximum atomic E-state index is 11.9. The molecule has 1 amide bonds. The van der Waals surface area contributed by atoms with E-state index < -0.39 is 11.4 Å². The molecule has 1 aromatic rings. The molecule has 6 heteroatoms. The Morgan fingerprint density at radius 1 is 1.42 bits per heavy atom. The molecule has 6 nitrogen and oxygen atoms in total. The zero-order valence-electron chi connectivity index (χ0n) is 11.1. The van der Waals surface area contributed by atoms with E-state index in [0.29, 0.717) is 18.4 Å². The predicted molar refractivity (Wildman–Crippen MR) is 68.7 cm³/mol. The summed E-state index contributed by atoms with van der Waals surface area (Å²) in [5, 5.41) is 16.1. The Morgan fingerprint density at radius 2 is 2.11 bits per heavy atom. The Morgan fingerprint density at radius 3 is 2.63 bits per heavy atom. The van der Waals surface area contributed by atoms with Crippen LogP contribution in [0.1, 0.15) is 42.5 Å². The Labute approximate surface area is 111 Å². The van der Waals surface area contributed by atoms with E-state index in [1.807, 2.05) is 0 Å². The van der Waals surface area contributed by atoms with E-state index in [0.717, 1.165) is 19.3 Å². The second kappa shape index (κ2) is 5.42. The highest BCUT2D eigenvalue weighted by atomic mass is 16.4. The van der Waals surface area contributed by atoms with Crippen LogP contribution in [-0.2, 0) is 11.8 Å². The summed E-state index contributed by atoms with van der Waals surface area (Å²) in [6, 6.07) is 0. The monoisotopic (exact) mass is 265 g/mol. The second-order valence-electron chi connectivity index (χ2n) is 5.23. The first kappa shape index (κ1) is 13.6. The lowest BCUT2D eigenvalue weighted by Crippen LogP contribution is -2.44. The van der Waals surface area contributed by atoms with Crippen LogP contribution in [0.4, 0.5) is 0 Å². The fourth-order valence-electron chi connectivity index (χ4n) is 2.58. The van der Waals surface area contributed by atoms with Crippen LogP contribution in [0.5, 0.6) is 0 Å². The minimum absolute atomic E-state index is 0.191. The van der Waals surface area contributed by atoms with Gasteiger partial charge in [-0.1, -0.05) is 19.3 Å². The van der Waals surface area contributed by atoms with Gasteiger partial charge >= 0.3 is 5.97 Å². The molecule has 0 bridgehead atoms. The lowest BCUT2D eigenvalue weighted by atomic mass is 9.74. The lowest BCUT2D eigenvalue weighted by Gasteiger charge is -2.33. The van der Waals surface area contributed by atoms with Crippen LogP contribution < -0.4 is 5.32 Å². The maximum absolute atomic E-state index is 11.9. The maximum Gasteiger partial charge on any atom is 0.311 e. The molecule has 1 aromatic heterocycles. The van der Waals surface area contributed by atoms with Gasteiger partial charge in [-0.3, -0.25) is 14.3 Å². The molecule has 1 fully saturated rings. The number of carboxylic acids is 1. The molecule has 0 spiro atoms. The molecule has 0 aliphatic heterocycles. The number of rotatable bonds is 4. The van der Waals surface area contributed by atoms with Gasteiger partial charge in [0.05, 0.1) is 17.2 Å². The number of nitrogens with zero attached hydrogens (tertiary/aromatic N) is 2. The van der Waals surface area contributed by atoms with E-state index in [2.05, 4.69) is 10.4 Å². The average molecular weight is 265 g/mol. The summed E-state index contributed by atoms with van der Waals surface area (Å²) in [6.45, 7) is 0.191. The second-order valence-corrected chi connectivity index (χ2v) is 5.23. The van der Waals surface area contributed by atoms with E-state index in [4.69, 9.17) is 0 Å². The highest BCUT2D eigenvalue weighted by Crippen LogP contribution is 2.36. The van der Waals surface area contributed by atoms with Crippen LogP contribution >= 0.6 is 0 Å².